The second kappa shape index (κ2) is 12.3. The number of nitrogens with zero attached hydrogens (tertiary/aromatic N) is 1. The quantitative estimate of drug-likeness (QED) is 0.401. The van der Waals surface area contributed by atoms with E-state index in [4.69, 9.17) is 19.3 Å². The van der Waals surface area contributed by atoms with Crippen molar-refractivity contribution in [2.24, 2.45) is 0 Å². The van der Waals surface area contributed by atoms with E-state index in [1.165, 1.54) is 66.0 Å². The number of carboxylic acids is 1. The highest BCUT2D eigenvalue weighted by Crippen LogP contribution is 2.30. The molecule has 1 saturated heterocycles. The van der Waals surface area contributed by atoms with Crippen LogP contribution in [0.2, 0.25) is 0 Å². The van der Waals surface area contributed by atoms with Gasteiger partial charge in [0.05, 0.1) is 23.6 Å². The minimum absolute atomic E-state index is 0.00892. The van der Waals surface area contributed by atoms with Gasteiger partial charge in [0.15, 0.2) is 18.1 Å². The lowest BCUT2D eigenvalue weighted by Gasteiger charge is -2.38. The van der Waals surface area contributed by atoms with Crippen molar-refractivity contribution in [3.63, 3.8) is 0 Å². The van der Waals surface area contributed by atoms with Gasteiger partial charge in [0.1, 0.15) is 17.7 Å². The second-order valence-corrected chi connectivity index (χ2v) is 11.9. The first-order chi connectivity index (χ1) is 20.5. The van der Waals surface area contributed by atoms with Crippen molar-refractivity contribution in [1.82, 2.24) is 14.9 Å². The van der Waals surface area contributed by atoms with Crippen LogP contribution in [0.4, 0.5) is 4.39 Å². The van der Waals surface area contributed by atoms with Crippen LogP contribution in [0.1, 0.15) is 32.7 Å². The molecule has 0 aromatic heterocycles. The van der Waals surface area contributed by atoms with Crippen LogP contribution in [-0.2, 0) is 21.4 Å². The Morgan fingerprint density at radius 1 is 1.09 bits per heavy atom. The number of hydrogen-bond acceptors (Lipinski definition) is 8. The molecule has 3 N–H and O–H groups in total. The molecule has 0 radical (unpaired) electrons. The minimum atomic E-state index is -4.08. The number of nitrogens with one attached hydrogen (secondary N) is 2. The topological polar surface area (TPSA) is 161 Å². The molecule has 5 rings (SSSR count). The fraction of sp³-hybridized carbons (Fsp3) is 0.276. The molecule has 43 heavy (non-hydrogen) atoms. The summed E-state index contributed by atoms with van der Waals surface area (Å²) in [6.07, 6.45) is -0.618. The molecule has 2 atom stereocenters. The van der Waals surface area contributed by atoms with Gasteiger partial charge in [0, 0.05) is 37.7 Å². The summed E-state index contributed by atoms with van der Waals surface area (Å²) in [6.45, 7) is -0.577. The van der Waals surface area contributed by atoms with Crippen LogP contribution in [0, 0.1) is 5.82 Å². The maximum Gasteiger partial charge on any atom is 0.335 e. The number of benzene rings is 3. The van der Waals surface area contributed by atoms with E-state index in [2.05, 4.69) is 10.6 Å². The van der Waals surface area contributed by atoms with E-state index in [9.17, 15) is 27.2 Å². The Morgan fingerprint density at radius 3 is 2.58 bits per heavy atom. The minimum Gasteiger partial charge on any atom is -0.493 e. The summed E-state index contributed by atoms with van der Waals surface area (Å²) >= 11 is 0. The smallest absolute Gasteiger partial charge is 0.335 e. The summed E-state index contributed by atoms with van der Waals surface area (Å²) in [5, 5.41) is 14.6. The number of methoxy groups -OCH3 is 1. The molecule has 3 aromatic rings. The summed E-state index contributed by atoms with van der Waals surface area (Å²) < 4.78 is 59.7. The molecule has 1 fully saturated rings. The highest BCUT2D eigenvalue weighted by molar-refractivity contribution is 7.89. The fourth-order valence-corrected chi connectivity index (χ4v) is 6.34. The molecule has 4 bridgehead atoms. The zero-order valence-corrected chi connectivity index (χ0v) is 23.7. The number of rotatable bonds is 4. The Balaban J connectivity index is 1.48. The van der Waals surface area contributed by atoms with Crippen LogP contribution in [0.5, 0.6) is 17.2 Å². The van der Waals surface area contributed by atoms with E-state index in [1.807, 2.05) is 0 Å². The van der Waals surface area contributed by atoms with Crippen molar-refractivity contribution in [1.29, 1.82) is 0 Å². The van der Waals surface area contributed by atoms with E-state index in [-0.39, 0.29) is 59.3 Å². The van der Waals surface area contributed by atoms with Gasteiger partial charge in [-0.05, 0) is 60.2 Å². The van der Waals surface area contributed by atoms with E-state index in [0.717, 1.165) is 0 Å². The maximum atomic E-state index is 14.5. The Labute approximate surface area is 246 Å². The van der Waals surface area contributed by atoms with Gasteiger partial charge < -0.3 is 30.0 Å². The number of ether oxygens (including phenoxy) is 3. The van der Waals surface area contributed by atoms with Gasteiger partial charge in [-0.1, -0.05) is 0 Å². The van der Waals surface area contributed by atoms with Gasteiger partial charge in [0.25, 0.3) is 11.8 Å². The molecule has 226 valence electrons. The number of sulfonamides is 1. The van der Waals surface area contributed by atoms with Crippen molar-refractivity contribution >= 4 is 27.8 Å². The zero-order chi connectivity index (χ0) is 30.7. The molecule has 2 aliphatic rings. The monoisotopic (exact) mass is 613 g/mol. The van der Waals surface area contributed by atoms with Crippen molar-refractivity contribution in [3.8, 4) is 17.2 Å². The summed E-state index contributed by atoms with van der Waals surface area (Å²) in [6, 6.07) is 12.3. The van der Waals surface area contributed by atoms with E-state index in [1.54, 1.807) is 6.07 Å². The molecule has 2 heterocycles. The molecule has 12 nitrogen and oxygen atoms in total. The Hall–Kier alpha value is -4.69. The number of carbonyl (C=O) groups is 3. The molecule has 2 aliphatic heterocycles. The van der Waals surface area contributed by atoms with Crippen LogP contribution < -0.4 is 24.8 Å². The Kier molecular flexibility index (Phi) is 8.50. The van der Waals surface area contributed by atoms with Gasteiger partial charge in [0.2, 0.25) is 10.0 Å². The molecular formula is C29H28FN3O9S. The molecule has 0 aliphatic carbocycles. The third-order valence-electron chi connectivity index (χ3n) is 7.06. The summed E-state index contributed by atoms with van der Waals surface area (Å²) in [5.74, 6) is -2.30. The number of fused-ring (bicyclic) bond motifs is 5. The lowest BCUT2D eigenvalue weighted by atomic mass is 10.0. The fourth-order valence-electron chi connectivity index (χ4n) is 4.86. The summed E-state index contributed by atoms with van der Waals surface area (Å²) in [7, 11) is -2.67. The first kappa shape index (κ1) is 29.8. The van der Waals surface area contributed by atoms with Crippen LogP contribution >= 0.6 is 0 Å². The summed E-state index contributed by atoms with van der Waals surface area (Å²) in [4.78, 5) is 36.9. The van der Waals surface area contributed by atoms with Crippen molar-refractivity contribution in [2.45, 2.75) is 30.0 Å². The molecule has 2 amide bonds. The predicted molar refractivity (Wildman–Crippen MR) is 149 cm³/mol. The number of aromatic carboxylic acids is 1. The van der Waals surface area contributed by atoms with Gasteiger partial charge in [-0.2, -0.15) is 4.31 Å². The van der Waals surface area contributed by atoms with Gasteiger partial charge >= 0.3 is 5.97 Å². The average Bonchev–Trinajstić information content (AvgIpc) is 2.99. The van der Waals surface area contributed by atoms with Crippen molar-refractivity contribution in [3.05, 3.63) is 83.2 Å². The Bertz CT molecular complexity index is 1660. The van der Waals surface area contributed by atoms with Crippen LogP contribution in [0.3, 0.4) is 0 Å². The van der Waals surface area contributed by atoms with E-state index >= 15 is 0 Å². The zero-order valence-electron chi connectivity index (χ0n) is 22.9. The van der Waals surface area contributed by atoms with Crippen molar-refractivity contribution in [2.75, 3.05) is 26.8 Å². The lowest BCUT2D eigenvalue weighted by molar-refractivity contribution is -0.123. The number of carbonyl (C=O) groups excluding carboxylic acids is 2. The van der Waals surface area contributed by atoms with Gasteiger partial charge in [-0.15, -0.1) is 0 Å². The standard InChI is InChI=1S/C29H28FN3O9S/c1-40-25-7-4-19-12-26(25)41-16-27(34)31-14-17-10-20(30)13-21(11-17)42-24-8-9-33(15-23(24)32-28(19)35)43(38,39)22-5-2-18(3-6-22)29(36)37/h2-7,10-13,23-24H,8-9,14-16H2,1H3,(H,31,34)(H,32,35)(H,36,37)/t23-,24+/m0/s1. The largest absolute Gasteiger partial charge is 0.493 e. The van der Waals surface area contributed by atoms with Crippen molar-refractivity contribution < 1.29 is 46.5 Å². The highest BCUT2D eigenvalue weighted by Gasteiger charge is 2.38. The molecular weight excluding hydrogens is 585 g/mol. The molecule has 14 heteroatoms. The number of halogens is 1. The lowest BCUT2D eigenvalue weighted by Crippen LogP contribution is -2.58. The SMILES string of the molecule is COc1ccc2cc1OCC(=O)NCc1cc(F)cc(c1)O[C@@H]1CCN(S(=O)(=O)c3ccc(C(=O)O)cc3)C[C@@H]1NC2=O. The third-order valence-corrected chi connectivity index (χ3v) is 8.94. The third kappa shape index (κ3) is 6.70. The number of hydrogen-bond donors (Lipinski definition) is 3. The summed E-state index contributed by atoms with van der Waals surface area (Å²) in [5.41, 5.74) is 0.507. The molecule has 3 aromatic carbocycles. The Morgan fingerprint density at radius 2 is 1.86 bits per heavy atom. The van der Waals surface area contributed by atoms with Crippen LogP contribution in [-0.4, -0.2) is 74.6 Å². The van der Waals surface area contributed by atoms with E-state index < -0.39 is 52.4 Å². The molecule has 0 spiro atoms. The molecule has 0 saturated carbocycles. The maximum absolute atomic E-state index is 14.5. The van der Waals surface area contributed by atoms with Crippen LogP contribution in [0.15, 0.2) is 65.6 Å². The van der Waals surface area contributed by atoms with E-state index in [0.29, 0.717) is 5.56 Å². The molecule has 0 unspecified atom stereocenters. The number of piperidine rings is 1. The second-order valence-electron chi connectivity index (χ2n) is 9.94. The first-order valence-corrected chi connectivity index (χ1v) is 14.7. The van der Waals surface area contributed by atoms with Gasteiger partial charge in [-0.3, -0.25) is 9.59 Å². The highest BCUT2D eigenvalue weighted by atomic mass is 32.2. The average molecular weight is 614 g/mol. The number of carboxylic acid groups (broad SMARTS) is 1. The van der Waals surface area contributed by atoms with Gasteiger partial charge in [-0.25, -0.2) is 17.6 Å². The first-order valence-electron chi connectivity index (χ1n) is 13.2. The number of amides is 2. The normalized spacial score (nSPS) is 19.6. The van der Waals surface area contributed by atoms with Crippen LogP contribution in [0.25, 0.3) is 0 Å². The predicted octanol–water partition coefficient (Wildman–Crippen LogP) is 2.18.